The number of likely N-dealkylation sites (tertiary alicyclic amines) is 1. The van der Waals surface area contributed by atoms with Crippen LogP contribution in [-0.4, -0.2) is 43.5 Å². The van der Waals surface area contributed by atoms with Crippen molar-refractivity contribution in [1.82, 2.24) is 4.90 Å². The van der Waals surface area contributed by atoms with Crippen LogP contribution in [0, 0.1) is 5.92 Å². The normalized spacial score (nSPS) is 22.5. The number of benzene rings is 2. The molecule has 2 aliphatic rings. The standard InChI is InChI=1S/C24H30N2O3/c1-28-21-12-19-15-24(25,23(27)20(19)13-22(21)29-2)14-17-8-10-26(11-9-17)16-18-6-4-3-5-7-18/h3-7,12-13,17H,8-11,14-16,25H2,1-2H3. The first-order valence-electron chi connectivity index (χ1n) is 10.4. The summed E-state index contributed by atoms with van der Waals surface area (Å²) in [4.78, 5) is 15.6. The van der Waals surface area contributed by atoms with Crippen molar-refractivity contribution in [2.45, 2.75) is 37.8 Å². The number of piperidine rings is 1. The van der Waals surface area contributed by atoms with Crippen molar-refractivity contribution in [3.05, 3.63) is 59.2 Å². The second kappa shape index (κ2) is 8.17. The van der Waals surface area contributed by atoms with Gasteiger partial charge in [-0.15, -0.1) is 0 Å². The van der Waals surface area contributed by atoms with Gasteiger partial charge in [-0.3, -0.25) is 9.69 Å². The highest BCUT2D eigenvalue weighted by Crippen LogP contribution is 2.40. The Bertz CT molecular complexity index is 875. The van der Waals surface area contributed by atoms with E-state index >= 15 is 0 Å². The van der Waals surface area contributed by atoms with Crippen LogP contribution in [0.5, 0.6) is 11.5 Å². The fraction of sp³-hybridized carbons (Fsp3) is 0.458. The Morgan fingerprint density at radius 1 is 1.07 bits per heavy atom. The zero-order valence-electron chi connectivity index (χ0n) is 17.3. The lowest BCUT2D eigenvalue weighted by Gasteiger charge is -2.35. The number of nitrogens with two attached hydrogens (primary N) is 1. The number of hydrogen-bond donors (Lipinski definition) is 1. The molecule has 1 aliphatic heterocycles. The minimum absolute atomic E-state index is 0.0418. The number of ether oxygens (including phenoxy) is 2. The van der Waals surface area contributed by atoms with E-state index in [0.717, 1.165) is 44.5 Å². The van der Waals surface area contributed by atoms with Gasteiger partial charge >= 0.3 is 0 Å². The first-order valence-corrected chi connectivity index (χ1v) is 10.4. The topological polar surface area (TPSA) is 64.8 Å². The molecule has 5 nitrogen and oxygen atoms in total. The summed E-state index contributed by atoms with van der Waals surface area (Å²) in [5, 5.41) is 0. The molecule has 0 spiro atoms. The van der Waals surface area contributed by atoms with Crippen LogP contribution < -0.4 is 15.2 Å². The van der Waals surface area contributed by atoms with Crippen molar-refractivity contribution in [2.24, 2.45) is 11.7 Å². The van der Waals surface area contributed by atoms with Gasteiger partial charge in [-0.1, -0.05) is 30.3 Å². The second-order valence-corrected chi connectivity index (χ2v) is 8.44. The Morgan fingerprint density at radius 3 is 2.38 bits per heavy atom. The predicted molar refractivity (Wildman–Crippen MR) is 114 cm³/mol. The van der Waals surface area contributed by atoms with Crippen molar-refractivity contribution in [1.29, 1.82) is 0 Å². The monoisotopic (exact) mass is 394 g/mol. The lowest BCUT2D eigenvalue weighted by molar-refractivity contribution is 0.0854. The Labute approximate surface area is 172 Å². The van der Waals surface area contributed by atoms with E-state index in [9.17, 15) is 4.79 Å². The summed E-state index contributed by atoms with van der Waals surface area (Å²) in [7, 11) is 3.20. The summed E-state index contributed by atoms with van der Waals surface area (Å²) in [6.45, 7) is 3.10. The third-order valence-corrected chi connectivity index (χ3v) is 6.42. The van der Waals surface area contributed by atoms with Crippen molar-refractivity contribution < 1.29 is 14.3 Å². The molecule has 1 heterocycles. The van der Waals surface area contributed by atoms with Gasteiger partial charge in [0.2, 0.25) is 0 Å². The maximum absolute atomic E-state index is 13.1. The molecule has 4 rings (SSSR count). The predicted octanol–water partition coefficient (Wildman–Crippen LogP) is 3.44. The number of carbonyl (C=O) groups excluding carboxylic acids is 1. The Hall–Kier alpha value is -2.37. The SMILES string of the molecule is COc1cc2c(cc1OC)C(=O)C(N)(CC1CCN(Cc3ccccc3)CC1)C2. The van der Waals surface area contributed by atoms with E-state index in [1.165, 1.54) is 5.56 Å². The smallest absolute Gasteiger partial charge is 0.183 e. The molecular formula is C24H30N2O3. The summed E-state index contributed by atoms with van der Waals surface area (Å²) in [6.07, 6.45) is 3.49. The fourth-order valence-electron chi connectivity index (χ4n) is 4.84. The van der Waals surface area contributed by atoms with E-state index in [1.54, 1.807) is 20.3 Å². The number of rotatable bonds is 6. The molecule has 1 aliphatic carbocycles. The van der Waals surface area contributed by atoms with Gasteiger partial charge in [-0.25, -0.2) is 0 Å². The fourth-order valence-corrected chi connectivity index (χ4v) is 4.84. The number of carbonyl (C=O) groups is 1. The van der Waals surface area contributed by atoms with Crippen LogP contribution in [-0.2, 0) is 13.0 Å². The van der Waals surface area contributed by atoms with Crippen LogP contribution >= 0.6 is 0 Å². The molecule has 1 atom stereocenters. The molecule has 1 unspecified atom stereocenters. The highest BCUT2D eigenvalue weighted by molar-refractivity contribution is 6.08. The summed E-state index contributed by atoms with van der Waals surface area (Å²) in [5.74, 6) is 1.75. The molecule has 0 radical (unpaired) electrons. The van der Waals surface area contributed by atoms with Gasteiger partial charge in [0.25, 0.3) is 0 Å². The highest BCUT2D eigenvalue weighted by atomic mass is 16.5. The van der Waals surface area contributed by atoms with Crippen molar-refractivity contribution in [2.75, 3.05) is 27.3 Å². The molecule has 0 amide bonds. The second-order valence-electron chi connectivity index (χ2n) is 8.44. The van der Waals surface area contributed by atoms with E-state index in [-0.39, 0.29) is 5.78 Å². The minimum atomic E-state index is -0.814. The third kappa shape index (κ3) is 4.02. The minimum Gasteiger partial charge on any atom is -0.493 e. The number of methoxy groups -OCH3 is 2. The molecule has 1 saturated heterocycles. The van der Waals surface area contributed by atoms with Crippen molar-refractivity contribution in [3.63, 3.8) is 0 Å². The highest BCUT2D eigenvalue weighted by Gasteiger charge is 2.44. The van der Waals surface area contributed by atoms with Gasteiger partial charge in [-0.2, -0.15) is 0 Å². The number of fused-ring (bicyclic) bond motifs is 1. The van der Waals surface area contributed by atoms with Crippen LogP contribution in [0.1, 0.15) is 40.7 Å². The lowest BCUT2D eigenvalue weighted by atomic mass is 9.80. The third-order valence-electron chi connectivity index (χ3n) is 6.42. The zero-order chi connectivity index (χ0) is 20.4. The first-order chi connectivity index (χ1) is 14.0. The molecular weight excluding hydrogens is 364 g/mol. The molecule has 0 bridgehead atoms. The average molecular weight is 395 g/mol. The van der Waals surface area contributed by atoms with Crippen molar-refractivity contribution in [3.8, 4) is 11.5 Å². The van der Waals surface area contributed by atoms with Gasteiger partial charge < -0.3 is 15.2 Å². The van der Waals surface area contributed by atoms with Gasteiger partial charge in [0.1, 0.15) is 0 Å². The van der Waals surface area contributed by atoms with Gasteiger partial charge in [0.05, 0.1) is 19.8 Å². The maximum Gasteiger partial charge on any atom is 0.183 e. The van der Waals surface area contributed by atoms with Crippen LogP contribution in [0.25, 0.3) is 0 Å². The quantitative estimate of drug-likeness (QED) is 0.813. The molecule has 0 aromatic heterocycles. The molecule has 5 heteroatoms. The van der Waals surface area contributed by atoms with E-state index in [1.807, 2.05) is 6.07 Å². The summed E-state index contributed by atoms with van der Waals surface area (Å²) >= 11 is 0. The summed E-state index contributed by atoms with van der Waals surface area (Å²) in [5.41, 5.74) is 8.87. The Balaban J connectivity index is 1.39. The molecule has 1 fully saturated rings. The van der Waals surface area contributed by atoms with Gasteiger partial charge in [-0.05, 0) is 68.0 Å². The number of ketones is 1. The van der Waals surface area contributed by atoms with Crippen LogP contribution in [0.2, 0.25) is 0 Å². The number of Topliss-reactive ketones (excluding diaryl/α,β-unsaturated/α-hetero) is 1. The van der Waals surface area contributed by atoms with Crippen LogP contribution in [0.15, 0.2) is 42.5 Å². The largest absolute Gasteiger partial charge is 0.493 e. The first kappa shape index (κ1) is 19.9. The maximum atomic E-state index is 13.1. The zero-order valence-corrected chi connectivity index (χ0v) is 17.3. The van der Waals surface area contributed by atoms with Gasteiger partial charge in [0.15, 0.2) is 17.3 Å². The molecule has 2 aromatic rings. The number of hydrogen-bond acceptors (Lipinski definition) is 5. The van der Waals surface area contributed by atoms with Crippen LogP contribution in [0.3, 0.4) is 0 Å². The van der Waals surface area contributed by atoms with E-state index in [0.29, 0.717) is 29.4 Å². The lowest BCUT2D eigenvalue weighted by Crippen LogP contribution is -2.48. The van der Waals surface area contributed by atoms with E-state index in [2.05, 4.69) is 35.2 Å². The van der Waals surface area contributed by atoms with Gasteiger partial charge in [0, 0.05) is 12.1 Å². The average Bonchev–Trinajstić information content (AvgIpc) is 2.98. The number of nitrogens with zero attached hydrogens (tertiary/aromatic N) is 1. The molecule has 2 aromatic carbocycles. The van der Waals surface area contributed by atoms with Crippen LogP contribution in [0.4, 0.5) is 0 Å². The van der Waals surface area contributed by atoms with E-state index < -0.39 is 5.54 Å². The van der Waals surface area contributed by atoms with Crippen molar-refractivity contribution >= 4 is 5.78 Å². The molecule has 29 heavy (non-hydrogen) atoms. The van der Waals surface area contributed by atoms with E-state index in [4.69, 9.17) is 15.2 Å². The Kier molecular flexibility index (Phi) is 5.61. The molecule has 0 saturated carbocycles. The summed E-state index contributed by atoms with van der Waals surface area (Å²) in [6, 6.07) is 14.3. The molecule has 154 valence electrons. The summed E-state index contributed by atoms with van der Waals surface area (Å²) < 4.78 is 10.8. The Morgan fingerprint density at radius 2 is 1.72 bits per heavy atom. The molecule has 2 N–H and O–H groups in total.